The first kappa shape index (κ1) is 19.3. The maximum atomic E-state index is 12.3. The lowest BCUT2D eigenvalue weighted by atomic mass is 10.0. The summed E-state index contributed by atoms with van der Waals surface area (Å²) in [6.45, 7) is 4.13. The highest BCUT2D eigenvalue weighted by Gasteiger charge is 2.13. The van der Waals surface area contributed by atoms with E-state index in [1.807, 2.05) is 40.9 Å². The SMILES string of the molecule is CCC(NC(=O)CSCc1cn2cc(C)ccc2n1)c1ccc(OC)cc1. The molecule has 3 rings (SSSR count). The number of methoxy groups -OCH3 is 1. The Balaban J connectivity index is 1.51. The Kier molecular flexibility index (Phi) is 6.40. The van der Waals surface area contributed by atoms with E-state index >= 15 is 0 Å². The van der Waals surface area contributed by atoms with E-state index in [4.69, 9.17) is 4.74 Å². The Morgan fingerprint density at radius 1 is 1.22 bits per heavy atom. The van der Waals surface area contributed by atoms with Gasteiger partial charge >= 0.3 is 0 Å². The summed E-state index contributed by atoms with van der Waals surface area (Å²) in [5.41, 5.74) is 4.21. The van der Waals surface area contributed by atoms with Crippen LogP contribution in [0.3, 0.4) is 0 Å². The molecular weight excluding hydrogens is 358 g/mol. The Labute approximate surface area is 164 Å². The third kappa shape index (κ3) is 5.04. The molecule has 0 aliphatic rings. The highest BCUT2D eigenvalue weighted by molar-refractivity contribution is 7.99. The molecule has 27 heavy (non-hydrogen) atoms. The molecule has 0 fully saturated rings. The van der Waals surface area contributed by atoms with E-state index in [1.54, 1.807) is 18.9 Å². The van der Waals surface area contributed by atoms with Crippen molar-refractivity contribution in [1.29, 1.82) is 0 Å². The molecule has 2 aromatic heterocycles. The van der Waals surface area contributed by atoms with Crippen LogP contribution < -0.4 is 10.1 Å². The molecule has 0 radical (unpaired) electrons. The molecule has 0 saturated carbocycles. The van der Waals surface area contributed by atoms with Gasteiger partial charge in [0.2, 0.25) is 5.91 Å². The number of imidazole rings is 1. The summed E-state index contributed by atoms with van der Waals surface area (Å²) < 4.78 is 7.22. The molecule has 142 valence electrons. The number of amides is 1. The molecule has 1 unspecified atom stereocenters. The summed E-state index contributed by atoms with van der Waals surface area (Å²) in [6.07, 6.45) is 4.93. The second kappa shape index (κ2) is 8.95. The number of aryl methyl sites for hydroxylation is 1. The Morgan fingerprint density at radius 3 is 2.70 bits per heavy atom. The van der Waals surface area contributed by atoms with Gasteiger partial charge in [0, 0.05) is 18.1 Å². The Hall–Kier alpha value is -2.47. The van der Waals surface area contributed by atoms with Gasteiger partial charge in [0.05, 0.1) is 24.6 Å². The largest absolute Gasteiger partial charge is 0.497 e. The molecule has 0 spiro atoms. The maximum Gasteiger partial charge on any atom is 0.230 e. The van der Waals surface area contributed by atoms with Gasteiger partial charge in [0.15, 0.2) is 0 Å². The average molecular weight is 384 g/mol. The number of carbonyl (C=O) groups excluding carboxylic acids is 1. The van der Waals surface area contributed by atoms with Gasteiger partial charge < -0.3 is 14.5 Å². The minimum absolute atomic E-state index is 0.0159. The summed E-state index contributed by atoms with van der Waals surface area (Å²) in [6, 6.07) is 11.9. The van der Waals surface area contributed by atoms with Crippen LogP contribution in [0.15, 0.2) is 48.8 Å². The molecule has 0 saturated heterocycles. The first-order valence-electron chi connectivity index (χ1n) is 9.04. The van der Waals surface area contributed by atoms with Crippen LogP contribution in [0.2, 0.25) is 0 Å². The van der Waals surface area contributed by atoms with Crippen LogP contribution in [0, 0.1) is 6.92 Å². The molecule has 1 amide bonds. The van der Waals surface area contributed by atoms with Crippen LogP contribution in [-0.2, 0) is 10.5 Å². The zero-order valence-electron chi connectivity index (χ0n) is 15.9. The molecule has 6 heteroatoms. The second-order valence-corrected chi connectivity index (χ2v) is 7.48. The highest BCUT2D eigenvalue weighted by Crippen LogP contribution is 2.20. The first-order chi connectivity index (χ1) is 13.1. The van der Waals surface area contributed by atoms with Gasteiger partial charge in [-0.3, -0.25) is 4.79 Å². The number of rotatable bonds is 8. The van der Waals surface area contributed by atoms with Crippen molar-refractivity contribution in [3.05, 3.63) is 65.6 Å². The maximum absolute atomic E-state index is 12.3. The third-order valence-electron chi connectivity index (χ3n) is 4.39. The van der Waals surface area contributed by atoms with E-state index in [1.165, 1.54) is 5.56 Å². The molecule has 1 atom stereocenters. The van der Waals surface area contributed by atoms with E-state index in [-0.39, 0.29) is 11.9 Å². The van der Waals surface area contributed by atoms with Crippen LogP contribution in [0.25, 0.3) is 5.65 Å². The molecule has 5 nitrogen and oxygen atoms in total. The van der Waals surface area contributed by atoms with Crippen molar-refractivity contribution in [3.8, 4) is 5.75 Å². The summed E-state index contributed by atoms with van der Waals surface area (Å²) in [5, 5.41) is 3.11. The van der Waals surface area contributed by atoms with Crippen molar-refractivity contribution in [2.45, 2.75) is 32.1 Å². The van der Waals surface area contributed by atoms with E-state index in [0.29, 0.717) is 11.5 Å². The van der Waals surface area contributed by atoms with Crippen LogP contribution in [0.4, 0.5) is 0 Å². The highest BCUT2D eigenvalue weighted by atomic mass is 32.2. The van der Waals surface area contributed by atoms with Crippen molar-refractivity contribution < 1.29 is 9.53 Å². The lowest BCUT2D eigenvalue weighted by Gasteiger charge is -2.17. The van der Waals surface area contributed by atoms with Crippen LogP contribution in [0.1, 0.15) is 36.2 Å². The number of nitrogens with zero attached hydrogens (tertiary/aromatic N) is 2. The van der Waals surface area contributed by atoms with Crippen LogP contribution >= 0.6 is 11.8 Å². The topological polar surface area (TPSA) is 55.6 Å². The van der Waals surface area contributed by atoms with Crippen LogP contribution in [0.5, 0.6) is 5.75 Å². The number of nitrogens with one attached hydrogen (secondary N) is 1. The predicted molar refractivity (Wildman–Crippen MR) is 110 cm³/mol. The third-order valence-corrected chi connectivity index (χ3v) is 5.36. The molecule has 1 aromatic carbocycles. The smallest absolute Gasteiger partial charge is 0.230 e. The number of aromatic nitrogens is 2. The zero-order chi connectivity index (χ0) is 19.2. The summed E-state index contributed by atoms with van der Waals surface area (Å²) in [5.74, 6) is 1.99. The van der Waals surface area contributed by atoms with Gasteiger partial charge in [-0.05, 0) is 42.7 Å². The molecule has 0 bridgehead atoms. The van der Waals surface area contributed by atoms with Gasteiger partial charge in [-0.25, -0.2) is 4.98 Å². The lowest BCUT2D eigenvalue weighted by Crippen LogP contribution is -2.29. The number of hydrogen-bond donors (Lipinski definition) is 1. The standard InChI is InChI=1S/C21H25N3O2S/c1-4-19(16-6-8-18(26-3)9-7-16)23-21(25)14-27-13-17-12-24-11-15(2)5-10-20(24)22-17/h5-12,19H,4,13-14H2,1-3H3,(H,23,25). The number of ether oxygens (including phenoxy) is 1. The summed E-state index contributed by atoms with van der Waals surface area (Å²) in [4.78, 5) is 16.9. The van der Waals surface area contributed by atoms with Crippen molar-refractivity contribution >= 4 is 23.3 Å². The van der Waals surface area contributed by atoms with Gasteiger partial charge in [-0.2, -0.15) is 0 Å². The average Bonchev–Trinajstić information content (AvgIpc) is 3.08. The fourth-order valence-corrected chi connectivity index (χ4v) is 3.69. The molecule has 1 N–H and O–H groups in total. The molecular formula is C21H25N3O2S. The van der Waals surface area contributed by atoms with Crippen molar-refractivity contribution in [3.63, 3.8) is 0 Å². The van der Waals surface area contributed by atoms with Crippen LogP contribution in [-0.4, -0.2) is 28.2 Å². The number of fused-ring (bicyclic) bond motifs is 1. The monoisotopic (exact) mass is 383 g/mol. The second-order valence-electron chi connectivity index (χ2n) is 6.50. The van der Waals surface area contributed by atoms with E-state index < -0.39 is 0 Å². The zero-order valence-corrected chi connectivity index (χ0v) is 16.8. The number of pyridine rings is 1. The molecule has 0 aliphatic heterocycles. The number of thioether (sulfide) groups is 1. The Morgan fingerprint density at radius 2 is 2.00 bits per heavy atom. The molecule has 0 aliphatic carbocycles. The first-order valence-corrected chi connectivity index (χ1v) is 10.2. The molecule has 2 heterocycles. The van der Waals surface area contributed by atoms with Gasteiger partial charge in [0.25, 0.3) is 0 Å². The Bertz CT molecular complexity index is 905. The minimum Gasteiger partial charge on any atom is -0.497 e. The van der Waals surface area contributed by atoms with Crippen molar-refractivity contribution in [1.82, 2.24) is 14.7 Å². The van der Waals surface area contributed by atoms with Gasteiger partial charge in [-0.1, -0.05) is 25.1 Å². The van der Waals surface area contributed by atoms with E-state index in [9.17, 15) is 4.79 Å². The number of carbonyl (C=O) groups is 1. The molecule has 3 aromatic rings. The normalized spacial score (nSPS) is 12.1. The minimum atomic E-state index is 0.0159. The predicted octanol–water partition coefficient (Wildman–Crippen LogP) is 4.15. The van der Waals surface area contributed by atoms with E-state index in [0.717, 1.165) is 29.1 Å². The fraction of sp³-hybridized carbons (Fsp3) is 0.333. The number of benzene rings is 1. The quantitative estimate of drug-likeness (QED) is 0.635. The van der Waals surface area contributed by atoms with Crippen molar-refractivity contribution in [2.75, 3.05) is 12.9 Å². The van der Waals surface area contributed by atoms with Gasteiger partial charge in [0.1, 0.15) is 11.4 Å². The summed E-state index contributed by atoms with van der Waals surface area (Å²) in [7, 11) is 1.65. The van der Waals surface area contributed by atoms with Gasteiger partial charge in [-0.15, -0.1) is 11.8 Å². The van der Waals surface area contributed by atoms with Crippen molar-refractivity contribution in [2.24, 2.45) is 0 Å². The van der Waals surface area contributed by atoms with E-state index in [2.05, 4.69) is 36.4 Å². The summed E-state index contributed by atoms with van der Waals surface area (Å²) >= 11 is 1.58. The lowest BCUT2D eigenvalue weighted by molar-refractivity contribution is -0.119. The fourth-order valence-electron chi connectivity index (χ4n) is 2.97. The number of hydrogen-bond acceptors (Lipinski definition) is 4.